The summed E-state index contributed by atoms with van der Waals surface area (Å²) in [6.45, 7) is 4.73. The summed E-state index contributed by atoms with van der Waals surface area (Å²) < 4.78 is 9.15. The Morgan fingerprint density at radius 3 is 2.54 bits per heavy atom. The molecule has 0 N–H and O–H groups in total. The van der Waals surface area contributed by atoms with Gasteiger partial charge in [-0.05, 0) is 13.3 Å². The number of ether oxygens (including phenoxy) is 1. The standard InChI is InChI=1S/C15H22N4O4S/c1-5-7-8-19-11-12(17(3)15(22)18(4)13(11)21)16-14(19)24-9-10(20)23-6-2/h5-9H2,1-4H3. The molecule has 0 unspecified atom stereocenters. The van der Waals surface area contributed by atoms with E-state index in [-0.39, 0.29) is 17.3 Å². The molecule has 0 radical (unpaired) electrons. The van der Waals surface area contributed by atoms with Crippen molar-refractivity contribution in [2.24, 2.45) is 14.1 Å². The summed E-state index contributed by atoms with van der Waals surface area (Å²) in [5, 5.41) is 0.546. The lowest BCUT2D eigenvalue weighted by Crippen LogP contribution is -2.37. The van der Waals surface area contributed by atoms with Crippen molar-refractivity contribution >= 4 is 28.9 Å². The number of nitrogens with zero attached hydrogens (tertiary/aromatic N) is 4. The van der Waals surface area contributed by atoms with Gasteiger partial charge in [0, 0.05) is 20.6 Å². The number of aromatic nitrogens is 4. The Morgan fingerprint density at radius 1 is 1.21 bits per heavy atom. The Hall–Kier alpha value is -2.03. The summed E-state index contributed by atoms with van der Waals surface area (Å²) in [5.41, 5.74) is -0.0701. The molecule has 2 heterocycles. The Labute approximate surface area is 143 Å². The van der Waals surface area contributed by atoms with Crippen LogP contribution in [0.25, 0.3) is 11.2 Å². The Bertz CT molecular complexity index is 865. The first kappa shape index (κ1) is 18.3. The van der Waals surface area contributed by atoms with Gasteiger partial charge < -0.3 is 9.30 Å². The number of esters is 1. The van der Waals surface area contributed by atoms with Crippen LogP contribution >= 0.6 is 11.8 Å². The quantitative estimate of drug-likeness (QED) is 0.542. The molecule has 132 valence electrons. The van der Waals surface area contributed by atoms with Crippen LogP contribution in [0.2, 0.25) is 0 Å². The largest absolute Gasteiger partial charge is 0.465 e. The van der Waals surface area contributed by atoms with E-state index in [1.54, 1.807) is 18.5 Å². The van der Waals surface area contributed by atoms with Gasteiger partial charge in [0.1, 0.15) is 0 Å². The summed E-state index contributed by atoms with van der Waals surface area (Å²) >= 11 is 1.21. The SMILES string of the molecule is CCCCn1c(SCC(=O)OCC)nc2c1c(=O)n(C)c(=O)n2C. The molecule has 0 aliphatic heterocycles. The first-order valence-corrected chi connectivity index (χ1v) is 8.85. The Balaban J connectivity index is 2.56. The Kier molecular flexibility index (Phi) is 5.87. The number of carbonyl (C=O) groups excluding carboxylic acids is 1. The van der Waals surface area contributed by atoms with E-state index in [2.05, 4.69) is 11.9 Å². The molecule has 0 atom stereocenters. The molecule has 0 saturated heterocycles. The number of hydrogen-bond donors (Lipinski definition) is 0. The van der Waals surface area contributed by atoms with E-state index in [0.29, 0.717) is 29.5 Å². The lowest BCUT2D eigenvalue weighted by molar-refractivity contribution is -0.139. The fourth-order valence-electron chi connectivity index (χ4n) is 2.39. The van der Waals surface area contributed by atoms with Gasteiger partial charge in [0.2, 0.25) is 0 Å². The monoisotopic (exact) mass is 354 g/mol. The molecule has 0 aromatic carbocycles. The van der Waals surface area contributed by atoms with E-state index in [4.69, 9.17) is 4.74 Å². The van der Waals surface area contributed by atoms with E-state index in [1.165, 1.54) is 23.4 Å². The van der Waals surface area contributed by atoms with E-state index in [9.17, 15) is 14.4 Å². The maximum Gasteiger partial charge on any atom is 0.332 e. The average molecular weight is 354 g/mol. The molecule has 0 amide bonds. The predicted molar refractivity (Wildman–Crippen MR) is 92.5 cm³/mol. The number of imidazole rings is 1. The molecule has 24 heavy (non-hydrogen) atoms. The number of rotatable bonds is 7. The van der Waals surface area contributed by atoms with Crippen molar-refractivity contribution in [3.63, 3.8) is 0 Å². The number of thioether (sulfide) groups is 1. The van der Waals surface area contributed by atoms with Crippen molar-refractivity contribution in [2.45, 2.75) is 38.4 Å². The molecule has 0 aliphatic rings. The molecule has 2 aromatic heterocycles. The highest BCUT2D eigenvalue weighted by Crippen LogP contribution is 2.22. The number of hydrogen-bond acceptors (Lipinski definition) is 6. The van der Waals surface area contributed by atoms with Gasteiger partial charge in [-0.25, -0.2) is 9.78 Å². The number of carbonyl (C=O) groups is 1. The number of fused-ring (bicyclic) bond motifs is 1. The molecule has 0 spiro atoms. The van der Waals surface area contributed by atoms with Gasteiger partial charge in [0.15, 0.2) is 16.3 Å². The lowest BCUT2D eigenvalue weighted by atomic mass is 10.3. The molecule has 0 saturated carbocycles. The summed E-state index contributed by atoms with van der Waals surface area (Å²) in [6, 6.07) is 0. The highest BCUT2D eigenvalue weighted by molar-refractivity contribution is 7.99. The van der Waals surface area contributed by atoms with Crippen molar-refractivity contribution in [1.29, 1.82) is 0 Å². The maximum atomic E-state index is 12.5. The Morgan fingerprint density at radius 2 is 1.92 bits per heavy atom. The van der Waals surface area contributed by atoms with Gasteiger partial charge in [-0.3, -0.25) is 18.7 Å². The molecule has 9 heteroatoms. The van der Waals surface area contributed by atoms with Crippen LogP contribution in [0.15, 0.2) is 14.7 Å². The van der Waals surface area contributed by atoms with E-state index in [0.717, 1.165) is 17.4 Å². The van der Waals surface area contributed by atoms with E-state index in [1.807, 2.05) is 0 Å². The summed E-state index contributed by atoms with van der Waals surface area (Å²) in [6.07, 6.45) is 1.82. The third kappa shape index (κ3) is 3.40. The topological polar surface area (TPSA) is 88.1 Å². The molecule has 2 rings (SSSR count). The van der Waals surface area contributed by atoms with Crippen LogP contribution in [-0.2, 0) is 30.2 Å². The third-order valence-electron chi connectivity index (χ3n) is 3.67. The highest BCUT2D eigenvalue weighted by Gasteiger charge is 2.19. The molecule has 0 fully saturated rings. The van der Waals surface area contributed by atoms with Crippen molar-refractivity contribution in [1.82, 2.24) is 18.7 Å². The van der Waals surface area contributed by atoms with Crippen LogP contribution in [0, 0.1) is 0 Å². The lowest BCUT2D eigenvalue weighted by Gasteiger charge is -2.08. The number of aryl methyl sites for hydroxylation is 2. The second-order valence-electron chi connectivity index (χ2n) is 5.37. The maximum absolute atomic E-state index is 12.5. The van der Waals surface area contributed by atoms with Crippen molar-refractivity contribution < 1.29 is 9.53 Å². The predicted octanol–water partition coefficient (Wildman–Crippen LogP) is 0.889. The van der Waals surface area contributed by atoms with Crippen molar-refractivity contribution in [2.75, 3.05) is 12.4 Å². The van der Waals surface area contributed by atoms with Crippen LogP contribution in [0.4, 0.5) is 0 Å². The average Bonchev–Trinajstić information content (AvgIpc) is 2.93. The van der Waals surface area contributed by atoms with Gasteiger partial charge in [-0.1, -0.05) is 25.1 Å². The normalized spacial score (nSPS) is 11.2. The fraction of sp³-hybridized carbons (Fsp3) is 0.600. The molecular formula is C15H22N4O4S. The fourth-order valence-corrected chi connectivity index (χ4v) is 3.21. The van der Waals surface area contributed by atoms with Crippen molar-refractivity contribution in [3.05, 3.63) is 20.8 Å². The second-order valence-corrected chi connectivity index (χ2v) is 6.31. The van der Waals surface area contributed by atoms with Gasteiger partial charge in [-0.2, -0.15) is 0 Å². The van der Waals surface area contributed by atoms with Gasteiger partial charge in [0.05, 0.1) is 12.4 Å². The molecule has 8 nitrogen and oxygen atoms in total. The minimum Gasteiger partial charge on any atom is -0.465 e. The first-order chi connectivity index (χ1) is 11.4. The second kappa shape index (κ2) is 7.69. The molecule has 0 aliphatic carbocycles. The van der Waals surface area contributed by atoms with E-state index < -0.39 is 5.69 Å². The van der Waals surface area contributed by atoms with Crippen LogP contribution in [-0.4, -0.2) is 37.0 Å². The smallest absolute Gasteiger partial charge is 0.332 e. The van der Waals surface area contributed by atoms with Gasteiger partial charge in [0.25, 0.3) is 5.56 Å². The minimum absolute atomic E-state index is 0.109. The number of unbranched alkanes of at least 4 members (excludes halogenated alkanes) is 1. The zero-order valence-corrected chi connectivity index (χ0v) is 15.2. The van der Waals surface area contributed by atoms with Crippen LogP contribution in [0.3, 0.4) is 0 Å². The van der Waals surface area contributed by atoms with Crippen LogP contribution in [0.1, 0.15) is 26.7 Å². The molecular weight excluding hydrogens is 332 g/mol. The summed E-state index contributed by atoms with van der Waals surface area (Å²) in [5.74, 6) is -0.226. The van der Waals surface area contributed by atoms with Crippen LogP contribution in [0.5, 0.6) is 0 Å². The summed E-state index contributed by atoms with van der Waals surface area (Å²) in [7, 11) is 3.04. The van der Waals surface area contributed by atoms with E-state index >= 15 is 0 Å². The van der Waals surface area contributed by atoms with Gasteiger partial charge >= 0.3 is 11.7 Å². The minimum atomic E-state index is -0.422. The van der Waals surface area contributed by atoms with Gasteiger partial charge in [-0.15, -0.1) is 0 Å². The first-order valence-electron chi connectivity index (χ1n) is 7.87. The summed E-state index contributed by atoms with van der Waals surface area (Å²) in [4.78, 5) is 40.6. The zero-order valence-electron chi connectivity index (χ0n) is 14.4. The molecule has 0 bridgehead atoms. The van der Waals surface area contributed by atoms with Crippen molar-refractivity contribution in [3.8, 4) is 0 Å². The molecule has 2 aromatic rings. The highest BCUT2D eigenvalue weighted by atomic mass is 32.2. The zero-order chi connectivity index (χ0) is 17.9. The third-order valence-corrected chi connectivity index (χ3v) is 4.62. The van der Waals surface area contributed by atoms with Crippen LogP contribution < -0.4 is 11.2 Å².